The van der Waals surface area contributed by atoms with Gasteiger partial charge in [-0.15, -0.1) is 0 Å². The lowest BCUT2D eigenvalue weighted by Gasteiger charge is -2.42. The molecule has 4 fully saturated rings. The highest BCUT2D eigenvalue weighted by Gasteiger charge is 2.50. The zero-order valence-corrected chi connectivity index (χ0v) is 31.9. The lowest BCUT2D eigenvalue weighted by atomic mass is 9.95. The van der Waals surface area contributed by atoms with Crippen molar-refractivity contribution in [2.45, 2.75) is 102 Å². The van der Waals surface area contributed by atoms with Crippen molar-refractivity contribution in [2.75, 3.05) is 51.7 Å². The van der Waals surface area contributed by atoms with Crippen molar-refractivity contribution in [3.05, 3.63) is 47.9 Å². The topological polar surface area (TPSA) is 123 Å². The molecule has 6 heterocycles. The third kappa shape index (κ3) is 6.57. The van der Waals surface area contributed by atoms with Crippen LogP contribution in [0.25, 0.3) is 32.9 Å². The number of aliphatic hydroxyl groups is 1. The van der Waals surface area contributed by atoms with Gasteiger partial charge in [-0.2, -0.15) is 9.97 Å². The van der Waals surface area contributed by atoms with Crippen LogP contribution in [0.2, 0.25) is 0 Å². The molecule has 0 radical (unpaired) electrons. The van der Waals surface area contributed by atoms with E-state index >= 15 is 4.39 Å². The van der Waals surface area contributed by atoms with Gasteiger partial charge in [0.25, 0.3) is 0 Å². The van der Waals surface area contributed by atoms with E-state index in [2.05, 4.69) is 16.7 Å². The Balaban J connectivity index is 1.22. The number of fused-ring (bicyclic) bond motifs is 5. The second kappa shape index (κ2) is 14.4. The number of anilines is 1. The quantitative estimate of drug-likeness (QED) is 0.180. The number of aromatic nitrogens is 3. The van der Waals surface area contributed by atoms with Crippen LogP contribution in [-0.2, 0) is 15.9 Å². The molecule has 2 bridgehead atoms. The Bertz CT molecular complexity index is 2040. The van der Waals surface area contributed by atoms with Crippen LogP contribution >= 0.6 is 0 Å². The molecular weight excluding hydrogens is 691 g/mol. The number of carbonyl (C=O) groups is 1. The van der Waals surface area contributed by atoms with Crippen LogP contribution in [0.5, 0.6) is 11.8 Å². The smallest absolute Gasteiger partial charge is 0.410 e. The number of halogens is 1. The van der Waals surface area contributed by atoms with Crippen LogP contribution in [0.3, 0.4) is 0 Å². The van der Waals surface area contributed by atoms with E-state index in [4.69, 9.17) is 33.9 Å². The van der Waals surface area contributed by atoms with E-state index in [0.717, 1.165) is 67.8 Å². The molecule has 2 aromatic carbocycles. The van der Waals surface area contributed by atoms with E-state index in [1.54, 1.807) is 13.3 Å². The van der Waals surface area contributed by atoms with Gasteiger partial charge < -0.3 is 29.0 Å². The van der Waals surface area contributed by atoms with Crippen molar-refractivity contribution < 1.29 is 33.2 Å². The zero-order valence-electron chi connectivity index (χ0n) is 31.9. The fraction of sp³-hybridized carbons (Fsp3) is 0.561. The largest absolute Gasteiger partial charge is 0.468 e. The number of pyridine rings is 1. The number of methoxy groups -OCH3 is 1. The Morgan fingerprint density at radius 1 is 1.07 bits per heavy atom. The van der Waals surface area contributed by atoms with Gasteiger partial charge in [0.1, 0.15) is 35.0 Å². The molecule has 54 heavy (non-hydrogen) atoms. The Morgan fingerprint density at radius 2 is 1.87 bits per heavy atom. The number of aryl methyl sites for hydroxylation is 1. The maximum absolute atomic E-state index is 17.4. The summed E-state index contributed by atoms with van der Waals surface area (Å²) in [6, 6.07) is 9.82. The lowest BCUT2D eigenvalue weighted by Crippen LogP contribution is -2.57. The second-order valence-corrected chi connectivity index (χ2v) is 16.3. The van der Waals surface area contributed by atoms with E-state index in [9.17, 15) is 9.90 Å². The molecule has 0 unspecified atom stereocenters. The first-order chi connectivity index (χ1) is 26.0. The third-order valence-electron chi connectivity index (χ3n) is 11.8. The molecule has 4 aliphatic rings. The van der Waals surface area contributed by atoms with Gasteiger partial charge in [0.2, 0.25) is 0 Å². The number of carbonyl (C=O) groups excluding carboxylic acids is 1. The Morgan fingerprint density at radius 3 is 2.59 bits per heavy atom. The molecule has 4 atom stereocenters. The number of ether oxygens (including phenoxy) is 4. The summed E-state index contributed by atoms with van der Waals surface area (Å²) >= 11 is 0. The Labute approximate surface area is 315 Å². The number of benzene rings is 2. The molecule has 1 amide bonds. The molecule has 13 heteroatoms. The molecule has 2 aromatic heterocycles. The summed E-state index contributed by atoms with van der Waals surface area (Å²) in [5.41, 5.74) is 1.11. The number of aliphatic hydroxyl groups excluding tert-OH is 1. The van der Waals surface area contributed by atoms with Crippen molar-refractivity contribution in [2.24, 2.45) is 0 Å². The third-order valence-corrected chi connectivity index (χ3v) is 11.8. The summed E-state index contributed by atoms with van der Waals surface area (Å²) in [7, 11) is 1.56. The van der Waals surface area contributed by atoms with Crippen molar-refractivity contribution >= 4 is 33.6 Å². The first-order valence-electron chi connectivity index (χ1n) is 19.3. The first kappa shape index (κ1) is 36.6. The second-order valence-electron chi connectivity index (χ2n) is 16.3. The predicted octanol–water partition coefficient (Wildman–Crippen LogP) is 6.49. The molecule has 0 spiro atoms. The van der Waals surface area contributed by atoms with E-state index in [1.165, 1.54) is 0 Å². The predicted molar refractivity (Wildman–Crippen MR) is 203 cm³/mol. The number of rotatable bonds is 10. The molecule has 288 valence electrons. The fourth-order valence-corrected chi connectivity index (χ4v) is 9.38. The summed E-state index contributed by atoms with van der Waals surface area (Å²) in [6.45, 7) is 10.1. The maximum Gasteiger partial charge on any atom is 0.410 e. The van der Waals surface area contributed by atoms with Gasteiger partial charge in [-0.3, -0.25) is 14.8 Å². The number of piperazine rings is 1. The average Bonchev–Trinajstić information content (AvgIpc) is 3.81. The van der Waals surface area contributed by atoms with Crippen LogP contribution in [0.4, 0.5) is 15.0 Å². The van der Waals surface area contributed by atoms with Gasteiger partial charge in [0.05, 0.1) is 29.6 Å². The van der Waals surface area contributed by atoms with Gasteiger partial charge in [-0.25, -0.2) is 9.18 Å². The molecule has 4 saturated heterocycles. The van der Waals surface area contributed by atoms with Crippen molar-refractivity contribution in [3.63, 3.8) is 0 Å². The first-order valence-corrected chi connectivity index (χ1v) is 19.3. The van der Waals surface area contributed by atoms with E-state index in [0.29, 0.717) is 42.2 Å². The van der Waals surface area contributed by atoms with E-state index in [-0.39, 0.29) is 60.4 Å². The van der Waals surface area contributed by atoms with Crippen molar-refractivity contribution in [3.8, 4) is 23.0 Å². The summed E-state index contributed by atoms with van der Waals surface area (Å²) < 4.78 is 40.7. The molecule has 1 N–H and O–H groups in total. The number of amides is 1. The van der Waals surface area contributed by atoms with Crippen LogP contribution in [-0.4, -0.2) is 112 Å². The summed E-state index contributed by atoms with van der Waals surface area (Å²) in [4.78, 5) is 34.2. The van der Waals surface area contributed by atoms with Gasteiger partial charge in [-0.1, -0.05) is 25.1 Å². The number of hydrogen-bond acceptors (Lipinski definition) is 11. The summed E-state index contributed by atoms with van der Waals surface area (Å²) in [5.74, 6) is 0.498. The Hall–Kier alpha value is -4.33. The minimum absolute atomic E-state index is 0.0461. The lowest BCUT2D eigenvalue weighted by molar-refractivity contribution is 0.0122. The monoisotopic (exact) mass is 742 g/mol. The van der Waals surface area contributed by atoms with Gasteiger partial charge in [0, 0.05) is 38.0 Å². The zero-order chi connectivity index (χ0) is 37.8. The van der Waals surface area contributed by atoms with Gasteiger partial charge in [-0.05, 0) is 101 Å². The van der Waals surface area contributed by atoms with Crippen LogP contribution in [0.15, 0.2) is 36.5 Å². The van der Waals surface area contributed by atoms with Gasteiger partial charge >= 0.3 is 12.1 Å². The molecular formula is C41H51FN6O6. The average molecular weight is 743 g/mol. The van der Waals surface area contributed by atoms with Crippen molar-refractivity contribution in [1.29, 1.82) is 0 Å². The number of hydrogen-bond donors (Lipinski definition) is 1. The van der Waals surface area contributed by atoms with Crippen LogP contribution in [0, 0.1) is 5.82 Å². The number of nitrogens with zero attached hydrogens (tertiary/aromatic N) is 6. The van der Waals surface area contributed by atoms with Crippen molar-refractivity contribution in [1.82, 2.24) is 24.8 Å². The molecule has 0 saturated carbocycles. The highest BCUT2D eigenvalue weighted by Crippen LogP contribution is 2.44. The minimum atomic E-state index is -0.604. The summed E-state index contributed by atoms with van der Waals surface area (Å²) in [6.07, 6.45) is 7.57. The minimum Gasteiger partial charge on any atom is -0.468 e. The van der Waals surface area contributed by atoms with E-state index in [1.807, 2.05) is 56.0 Å². The highest BCUT2D eigenvalue weighted by molar-refractivity contribution is 6.01. The molecule has 4 aromatic rings. The van der Waals surface area contributed by atoms with Crippen LogP contribution in [0.1, 0.15) is 71.8 Å². The van der Waals surface area contributed by atoms with Crippen LogP contribution < -0.4 is 14.4 Å². The molecule has 12 nitrogen and oxygen atoms in total. The molecule has 4 aliphatic heterocycles. The standard InChI is InChI=1S/C41H51FN6O6/c1-6-25-9-7-10-26-17-30(53-24-51-5)18-31(33(25)26)35-34(42)36-32(19-43-35)37(46-20-27-11-12-28(21-46)48(27)39(50)54-40(2,3)4)45-38(44-36)52-23-41-14-8-16-47(41)29(22-49)13-15-41/h7,9-10,17-19,27-29,49H,6,8,11-16,20-24H2,1-5H3/t27-,28+,29-,41+/m0/s1. The normalized spacial score (nSPS) is 24.1. The Kier molecular flexibility index (Phi) is 9.76. The molecule has 0 aliphatic carbocycles. The van der Waals surface area contributed by atoms with Gasteiger partial charge in [0.15, 0.2) is 12.6 Å². The molecule has 8 rings (SSSR count). The van der Waals surface area contributed by atoms with E-state index < -0.39 is 11.4 Å². The fourth-order valence-electron chi connectivity index (χ4n) is 9.38. The maximum atomic E-state index is 17.4. The highest BCUT2D eigenvalue weighted by atomic mass is 19.1. The summed E-state index contributed by atoms with van der Waals surface area (Å²) in [5, 5.41) is 12.3. The SMILES string of the molecule is CCc1cccc2cc(OCOC)cc(-c3ncc4c(N5C[C@H]6CC[C@@H](C5)N6C(=O)OC(C)(C)C)nc(OC[C@]56CCCN5[C@H](CO)CC6)nc4c3F)c12.